The fourth-order valence-corrected chi connectivity index (χ4v) is 1.98. The average Bonchev–Trinajstić information content (AvgIpc) is 2.45. The third-order valence-electron chi connectivity index (χ3n) is 3.17. The number of rotatable bonds is 2. The summed E-state index contributed by atoms with van der Waals surface area (Å²) < 4.78 is 75.4. The van der Waals surface area contributed by atoms with Crippen molar-refractivity contribution in [2.75, 3.05) is 0 Å². The zero-order chi connectivity index (χ0) is 16.5. The zero-order valence-corrected chi connectivity index (χ0v) is 11.0. The van der Waals surface area contributed by atoms with Crippen molar-refractivity contribution in [2.45, 2.75) is 18.4 Å². The van der Waals surface area contributed by atoms with E-state index >= 15 is 0 Å². The lowest BCUT2D eigenvalue weighted by atomic mass is 9.97. The van der Waals surface area contributed by atoms with Crippen molar-refractivity contribution in [1.29, 1.82) is 0 Å². The molecule has 2 N–H and O–H groups in total. The van der Waals surface area contributed by atoms with E-state index < -0.39 is 29.5 Å². The van der Waals surface area contributed by atoms with Crippen molar-refractivity contribution >= 4 is 0 Å². The van der Waals surface area contributed by atoms with E-state index in [2.05, 4.69) is 0 Å². The third kappa shape index (κ3) is 3.59. The Morgan fingerprint density at radius 3 is 1.73 bits per heavy atom. The minimum Gasteiger partial charge on any atom is -0.320 e. The minimum absolute atomic E-state index is 0.176. The van der Waals surface area contributed by atoms with Crippen LogP contribution in [-0.2, 0) is 12.4 Å². The van der Waals surface area contributed by atoms with Crippen LogP contribution >= 0.6 is 0 Å². The van der Waals surface area contributed by atoms with Crippen molar-refractivity contribution in [2.24, 2.45) is 5.73 Å². The van der Waals surface area contributed by atoms with Crippen LogP contribution in [0.1, 0.15) is 28.3 Å². The van der Waals surface area contributed by atoms with Crippen LogP contribution in [0.3, 0.4) is 0 Å². The van der Waals surface area contributed by atoms with E-state index in [1.54, 1.807) is 0 Å². The first-order valence-electron chi connectivity index (χ1n) is 6.19. The van der Waals surface area contributed by atoms with Crippen LogP contribution in [0, 0.1) is 0 Å². The standard InChI is InChI=1S/C15H11F6N/c16-14(17,18)11-6-4-9(5-7-11)13(22)10-2-1-3-12(8-10)15(19,20)21/h1-8,13H,22H2. The molecule has 2 aromatic rings. The van der Waals surface area contributed by atoms with E-state index in [0.29, 0.717) is 5.56 Å². The van der Waals surface area contributed by atoms with E-state index in [1.165, 1.54) is 12.1 Å². The molecule has 0 saturated carbocycles. The maximum absolute atomic E-state index is 12.7. The van der Waals surface area contributed by atoms with Gasteiger partial charge in [-0.2, -0.15) is 26.3 Å². The van der Waals surface area contributed by atoms with Crippen LogP contribution in [-0.4, -0.2) is 0 Å². The van der Waals surface area contributed by atoms with Crippen molar-refractivity contribution in [3.63, 3.8) is 0 Å². The Bertz CT molecular complexity index is 642. The molecule has 0 aromatic heterocycles. The van der Waals surface area contributed by atoms with Gasteiger partial charge in [-0.15, -0.1) is 0 Å². The summed E-state index contributed by atoms with van der Waals surface area (Å²) in [5, 5.41) is 0. The first-order valence-corrected chi connectivity index (χ1v) is 6.19. The van der Waals surface area contributed by atoms with Gasteiger partial charge in [-0.25, -0.2) is 0 Å². The van der Waals surface area contributed by atoms with Crippen LogP contribution in [0.4, 0.5) is 26.3 Å². The number of hydrogen-bond acceptors (Lipinski definition) is 1. The highest BCUT2D eigenvalue weighted by Crippen LogP contribution is 2.33. The second kappa shape index (κ2) is 5.64. The Balaban J connectivity index is 2.30. The molecule has 0 heterocycles. The summed E-state index contributed by atoms with van der Waals surface area (Å²) in [6, 6.07) is 7.49. The summed E-state index contributed by atoms with van der Waals surface area (Å²) in [7, 11) is 0. The summed E-state index contributed by atoms with van der Waals surface area (Å²) in [4.78, 5) is 0. The summed E-state index contributed by atoms with van der Waals surface area (Å²) in [5.74, 6) is 0. The minimum atomic E-state index is -4.50. The molecular formula is C15H11F6N. The third-order valence-corrected chi connectivity index (χ3v) is 3.17. The highest BCUT2D eigenvalue weighted by atomic mass is 19.4. The molecule has 2 aromatic carbocycles. The monoisotopic (exact) mass is 319 g/mol. The molecule has 0 spiro atoms. The molecule has 118 valence electrons. The molecule has 22 heavy (non-hydrogen) atoms. The lowest BCUT2D eigenvalue weighted by Crippen LogP contribution is -2.14. The number of halogens is 6. The lowest BCUT2D eigenvalue weighted by molar-refractivity contribution is -0.138. The fraction of sp³-hybridized carbons (Fsp3) is 0.200. The van der Waals surface area contributed by atoms with Crippen molar-refractivity contribution in [1.82, 2.24) is 0 Å². The van der Waals surface area contributed by atoms with Gasteiger partial charge in [0.2, 0.25) is 0 Å². The Kier molecular flexibility index (Phi) is 4.19. The Morgan fingerprint density at radius 2 is 1.23 bits per heavy atom. The van der Waals surface area contributed by atoms with E-state index in [-0.39, 0.29) is 5.56 Å². The van der Waals surface area contributed by atoms with Crippen molar-refractivity contribution < 1.29 is 26.3 Å². The molecule has 0 radical (unpaired) electrons. The maximum atomic E-state index is 12.7. The molecule has 0 saturated heterocycles. The molecule has 0 aliphatic rings. The van der Waals surface area contributed by atoms with Gasteiger partial charge in [0.05, 0.1) is 17.2 Å². The number of nitrogens with two attached hydrogens (primary N) is 1. The molecular weight excluding hydrogens is 308 g/mol. The van der Waals surface area contributed by atoms with Crippen LogP contribution in [0.25, 0.3) is 0 Å². The predicted molar refractivity (Wildman–Crippen MR) is 68.9 cm³/mol. The SMILES string of the molecule is NC(c1ccc(C(F)(F)F)cc1)c1cccc(C(F)(F)F)c1. The molecule has 2 rings (SSSR count). The number of benzene rings is 2. The van der Waals surface area contributed by atoms with Gasteiger partial charge in [-0.1, -0.05) is 24.3 Å². The highest BCUT2D eigenvalue weighted by Gasteiger charge is 2.31. The highest BCUT2D eigenvalue weighted by molar-refractivity contribution is 5.36. The summed E-state index contributed by atoms with van der Waals surface area (Å²) >= 11 is 0. The lowest BCUT2D eigenvalue weighted by Gasteiger charge is -2.16. The van der Waals surface area contributed by atoms with Crippen LogP contribution in [0.2, 0.25) is 0 Å². The topological polar surface area (TPSA) is 26.0 Å². The average molecular weight is 319 g/mol. The molecule has 1 atom stereocenters. The molecule has 7 heteroatoms. The fourth-order valence-electron chi connectivity index (χ4n) is 1.98. The quantitative estimate of drug-likeness (QED) is 0.793. The predicted octanol–water partition coefficient (Wildman–Crippen LogP) is 4.77. The molecule has 0 aliphatic carbocycles. The van der Waals surface area contributed by atoms with Gasteiger partial charge in [0, 0.05) is 0 Å². The summed E-state index contributed by atoms with van der Waals surface area (Å²) in [5.41, 5.74) is 4.62. The molecule has 1 nitrogen and oxygen atoms in total. The number of alkyl halides is 6. The van der Waals surface area contributed by atoms with E-state index in [9.17, 15) is 26.3 Å². The van der Waals surface area contributed by atoms with Crippen LogP contribution in [0.15, 0.2) is 48.5 Å². The Labute approximate surface area is 122 Å². The van der Waals surface area contributed by atoms with Crippen molar-refractivity contribution in [3.8, 4) is 0 Å². The first-order chi connectivity index (χ1) is 10.1. The van der Waals surface area contributed by atoms with Gasteiger partial charge < -0.3 is 5.73 Å². The maximum Gasteiger partial charge on any atom is 0.416 e. The molecule has 1 unspecified atom stereocenters. The van der Waals surface area contributed by atoms with Gasteiger partial charge >= 0.3 is 12.4 Å². The van der Waals surface area contributed by atoms with E-state index in [0.717, 1.165) is 36.4 Å². The van der Waals surface area contributed by atoms with Gasteiger partial charge in [0.1, 0.15) is 0 Å². The van der Waals surface area contributed by atoms with Crippen LogP contribution in [0.5, 0.6) is 0 Å². The summed E-state index contributed by atoms with van der Waals surface area (Å²) in [6.45, 7) is 0. The summed E-state index contributed by atoms with van der Waals surface area (Å²) in [6.07, 6.45) is -8.98. The molecule has 0 fully saturated rings. The van der Waals surface area contributed by atoms with Crippen LogP contribution < -0.4 is 5.73 Å². The Morgan fingerprint density at radius 1 is 0.682 bits per heavy atom. The van der Waals surface area contributed by atoms with E-state index in [1.807, 2.05) is 0 Å². The smallest absolute Gasteiger partial charge is 0.320 e. The second-order valence-electron chi connectivity index (χ2n) is 4.72. The van der Waals surface area contributed by atoms with Crippen molar-refractivity contribution in [3.05, 3.63) is 70.8 Å². The largest absolute Gasteiger partial charge is 0.416 e. The van der Waals surface area contributed by atoms with E-state index in [4.69, 9.17) is 5.73 Å². The molecule has 0 aliphatic heterocycles. The molecule has 0 amide bonds. The zero-order valence-electron chi connectivity index (χ0n) is 11.0. The number of hydrogen-bond donors (Lipinski definition) is 1. The van der Waals surface area contributed by atoms with Gasteiger partial charge in [-0.3, -0.25) is 0 Å². The van der Waals surface area contributed by atoms with Gasteiger partial charge in [0.15, 0.2) is 0 Å². The molecule has 0 bridgehead atoms. The Hall–Kier alpha value is -2.02. The van der Waals surface area contributed by atoms with Gasteiger partial charge in [-0.05, 0) is 35.4 Å². The normalized spacial score (nSPS) is 14.0. The first kappa shape index (κ1) is 16.4. The van der Waals surface area contributed by atoms with Gasteiger partial charge in [0.25, 0.3) is 0 Å². The second-order valence-corrected chi connectivity index (χ2v) is 4.72.